The van der Waals surface area contributed by atoms with E-state index in [0.29, 0.717) is 12.3 Å². The molecule has 0 N–H and O–H groups in total. The van der Waals surface area contributed by atoms with Gasteiger partial charge in [0, 0.05) is 56.8 Å². The molecule has 2 fully saturated rings. The second kappa shape index (κ2) is 8.02. The Morgan fingerprint density at radius 3 is 2.88 bits per heavy atom. The van der Waals surface area contributed by atoms with Crippen LogP contribution in [0.3, 0.4) is 0 Å². The van der Waals surface area contributed by atoms with Gasteiger partial charge in [-0.05, 0) is 49.7 Å². The van der Waals surface area contributed by atoms with E-state index in [1.807, 2.05) is 29.4 Å². The number of aryl methyl sites for hydroxylation is 1. The van der Waals surface area contributed by atoms with E-state index >= 15 is 0 Å². The van der Waals surface area contributed by atoms with Crippen LogP contribution in [0.4, 0.5) is 0 Å². The van der Waals surface area contributed by atoms with Crippen LogP contribution in [-0.4, -0.2) is 38.4 Å². The summed E-state index contributed by atoms with van der Waals surface area (Å²) in [5.41, 5.74) is 1.13. The number of hydrogen-bond acceptors (Lipinski definition) is 3. The van der Waals surface area contributed by atoms with Gasteiger partial charge in [-0.25, -0.2) is 4.98 Å². The van der Waals surface area contributed by atoms with E-state index in [2.05, 4.69) is 20.7 Å². The Balaban J connectivity index is 1.35. The fourth-order valence-corrected chi connectivity index (χ4v) is 4.16. The summed E-state index contributed by atoms with van der Waals surface area (Å²) in [6.45, 7) is 2.79. The molecule has 0 spiro atoms. The number of rotatable bonds is 6. The van der Waals surface area contributed by atoms with E-state index < -0.39 is 0 Å². The number of piperidine rings is 1. The van der Waals surface area contributed by atoms with Gasteiger partial charge in [0.2, 0.25) is 5.91 Å². The van der Waals surface area contributed by atoms with Crippen LogP contribution in [0.1, 0.15) is 55.8 Å². The fourth-order valence-electron chi connectivity index (χ4n) is 4.16. The van der Waals surface area contributed by atoms with E-state index in [0.717, 1.165) is 50.4 Å². The van der Waals surface area contributed by atoms with Gasteiger partial charge in [0.15, 0.2) is 0 Å². The van der Waals surface area contributed by atoms with Crippen LogP contribution < -0.4 is 0 Å². The number of carbonyl (C=O) groups excluding carboxylic acids is 1. The fraction of sp³-hybridized carbons (Fsp3) is 0.571. The topological polar surface area (TPSA) is 51.0 Å². The molecule has 138 valence electrons. The smallest absolute Gasteiger partial charge is 0.222 e. The Bertz CT molecular complexity index is 723. The number of carbonyl (C=O) groups is 1. The van der Waals surface area contributed by atoms with E-state index in [4.69, 9.17) is 0 Å². The molecular formula is C21H28N4O. The molecule has 5 nitrogen and oxygen atoms in total. The lowest BCUT2D eigenvalue weighted by Gasteiger charge is -2.34. The molecule has 2 aromatic heterocycles. The Morgan fingerprint density at radius 2 is 2.12 bits per heavy atom. The van der Waals surface area contributed by atoms with Crippen molar-refractivity contribution in [3.8, 4) is 0 Å². The maximum Gasteiger partial charge on any atom is 0.222 e. The van der Waals surface area contributed by atoms with Gasteiger partial charge in [-0.1, -0.05) is 12.5 Å². The monoisotopic (exact) mass is 352 g/mol. The summed E-state index contributed by atoms with van der Waals surface area (Å²) in [5.74, 6) is 2.64. The van der Waals surface area contributed by atoms with Crippen molar-refractivity contribution in [2.45, 2.75) is 57.4 Å². The van der Waals surface area contributed by atoms with E-state index in [1.165, 1.54) is 25.1 Å². The second-order valence-corrected chi connectivity index (χ2v) is 7.77. The van der Waals surface area contributed by atoms with Crippen molar-refractivity contribution in [2.75, 3.05) is 13.1 Å². The van der Waals surface area contributed by atoms with Gasteiger partial charge in [0.25, 0.3) is 0 Å². The van der Waals surface area contributed by atoms with Gasteiger partial charge in [-0.2, -0.15) is 0 Å². The quantitative estimate of drug-likeness (QED) is 0.800. The highest BCUT2D eigenvalue weighted by molar-refractivity contribution is 5.76. The SMILES string of the molecule is O=C(CCc1cccnc1)N1CCC[C@@H](c2nccn2CC2CCC2)C1. The molecule has 1 atom stereocenters. The molecule has 1 saturated heterocycles. The number of imidazole rings is 1. The average molecular weight is 352 g/mol. The first-order valence-electron chi connectivity index (χ1n) is 9.97. The predicted octanol–water partition coefficient (Wildman–Crippen LogP) is 3.42. The minimum absolute atomic E-state index is 0.260. The van der Waals surface area contributed by atoms with Crippen LogP contribution >= 0.6 is 0 Å². The summed E-state index contributed by atoms with van der Waals surface area (Å²) < 4.78 is 2.35. The summed E-state index contributed by atoms with van der Waals surface area (Å²) in [7, 11) is 0. The molecule has 1 saturated carbocycles. The molecule has 3 heterocycles. The van der Waals surface area contributed by atoms with Crippen molar-refractivity contribution >= 4 is 5.91 Å². The second-order valence-electron chi connectivity index (χ2n) is 7.77. The number of amides is 1. The summed E-state index contributed by atoms with van der Waals surface area (Å²) in [6, 6.07) is 3.97. The van der Waals surface area contributed by atoms with Crippen LogP contribution in [0.25, 0.3) is 0 Å². The molecule has 2 aromatic rings. The van der Waals surface area contributed by atoms with Crippen molar-refractivity contribution < 1.29 is 4.79 Å². The molecule has 0 radical (unpaired) electrons. The number of hydrogen-bond donors (Lipinski definition) is 0. The van der Waals surface area contributed by atoms with E-state index in [-0.39, 0.29) is 5.91 Å². The predicted molar refractivity (Wildman–Crippen MR) is 101 cm³/mol. The summed E-state index contributed by atoms with van der Waals surface area (Å²) in [4.78, 5) is 23.5. The lowest BCUT2D eigenvalue weighted by Crippen LogP contribution is -2.40. The standard InChI is InChI=1S/C21H28N4O/c26-20(9-8-17-6-2-10-22-14-17)24-12-3-7-19(16-24)21-23-11-13-25(21)15-18-4-1-5-18/h2,6,10-11,13-14,18-19H,1,3-5,7-9,12,15-16H2/t19-/m1/s1. The number of pyridine rings is 1. The zero-order valence-electron chi connectivity index (χ0n) is 15.4. The molecule has 4 rings (SSSR count). The van der Waals surface area contributed by atoms with Gasteiger partial charge in [-0.3, -0.25) is 9.78 Å². The van der Waals surface area contributed by atoms with Gasteiger partial charge >= 0.3 is 0 Å². The maximum absolute atomic E-state index is 12.7. The van der Waals surface area contributed by atoms with Crippen LogP contribution in [0.5, 0.6) is 0 Å². The third-order valence-electron chi connectivity index (χ3n) is 5.92. The lowest BCUT2D eigenvalue weighted by atomic mass is 9.85. The van der Waals surface area contributed by atoms with Crippen LogP contribution in [-0.2, 0) is 17.8 Å². The third-order valence-corrected chi connectivity index (χ3v) is 5.92. The van der Waals surface area contributed by atoms with Crippen molar-refractivity contribution in [1.29, 1.82) is 0 Å². The highest BCUT2D eigenvalue weighted by atomic mass is 16.2. The lowest BCUT2D eigenvalue weighted by molar-refractivity contribution is -0.132. The zero-order chi connectivity index (χ0) is 17.8. The van der Waals surface area contributed by atoms with E-state index in [1.54, 1.807) is 6.20 Å². The van der Waals surface area contributed by atoms with Gasteiger partial charge < -0.3 is 9.47 Å². The molecule has 0 bridgehead atoms. The van der Waals surface area contributed by atoms with Gasteiger partial charge in [0.05, 0.1) is 0 Å². The van der Waals surface area contributed by atoms with Crippen LogP contribution in [0, 0.1) is 5.92 Å². The normalized spacial score (nSPS) is 20.8. The summed E-state index contributed by atoms with van der Waals surface area (Å²) >= 11 is 0. The number of aromatic nitrogens is 3. The number of nitrogens with zero attached hydrogens (tertiary/aromatic N) is 4. The zero-order valence-corrected chi connectivity index (χ0v) is 15.4. The van der Waals surface area contributed by atoms with Crippen molar-refractivity contribution in [3.05, 3.63) is 48.3 Å². The first kappa shape index (κ1) is 17.3. The van der Waals surface area contributed by atoms with Crippen LogP contribution in [0.15, 0.2) is 36.9 Å². The molecule has 5 heteroatoms. The molecule has 2 aliphatic rings. The molecule has 0 aromatic carbocycles. The summed E-state index contributed by atoms with van der Waals surface area (Å²) in [6.07, 6.45) is 15.3. The molecule has 1 amide bonds. The van der Waals surface area contributed by atoms with Crippen molar-refractivity contribution in [2.24, 2.45) is 5.92 Å². The highest BCUT2D eigenvalue weighted by Crippen LogP contribution is 2.31. The Labute approximate surface area is 155 Å². The van der Waals surface area contributed by atoms with Crippen molar-refractivity contribution in [1.82, 2.24) is 19.4 Å². The first-order valence-corrected chi connectivity index (χ1v) is 9.97. The third kappa shape index (κ3) is 3.97. The van der Waals surface area contributed by atoms with Gasteiger partial charge in [-0.15, -0.1) is 0 Å². The Morgan fingerprint density at radius 1 is 1.19 bits per heavy atom. The minimum atomic E-state index is 0.260. The van der Waals surface area contributed by atoms with Crippen molar-refractivity contribution in [3.63, 3.8) is 0 Å². The molecule has 26 heavy (non-hydrogen) atoms. The minimum Gasteiger partial charge on any atom is -0.342 e. The first-order chi connectivity index (χ1) is 12.8. The van der Waals surface area contributed by atoms with Gasteiger partial charge in [0.1, 0.15) is 5.82 Å². The molecule has 1 aliphatic carbocycles. The van der Waals surface area contributed by atoms with Crippen LogP contribution in [0.2, 0.25) is 0 Å². The molecule has 0 unspecified atom stereocenters. The summed E-state index contributed by atoms with van der Waals surface area (Å²) in [5, 5.41) is 0. The molecular weight excluding hydrogens is 324 g/mol. The maximum atomic E-state index is 12.7. The molecule has 1 aliphatic heterocycles. The Hall–Kier alpha value is -2.17. The van der Waals surface area contributed by atoms with E-state index in [9.17, 15) is 4.79 Å². The number of likely N-dealkylation sites (tertiary alicyclic amines) is 1. The Kier molecular flexibility index (Phi) is 5.32. The average Bonchev–Trinajstić information content (AvgIpc) is 3.12. The largest absolute Gasteiger partial charge is 0.342 e. The highest BCUT2D eigenvalue weighted by Gasteiger charge is 2.28.